The second kappa shape index (κ2) is 6.01. The molecular weight excluding hydrogens is 224 g/mol. The Hall–Kier alpha value is -1.35. The zero-order chi connectivity index (χ0) is 13.0. The van der Waals surface area contributed by atoms with Gasteiger partial charge in [0.1, 0.15) is 0 Å². The molecule has 1 aromatic carbocycles. The minimum absolute atomic E-state index is 0.00507. The van der Waals surface area contributed by atoms with E-state index in [1.54, 1.807) is 0 Å². The van der Waals surface area contributed by atoms with E-state index in [4.69, 9.17) is 5.73 Å². The van der Waals surface area contributed by atoms with Crippen molar-refractivity contribution in [3.8, 4) is 0 Å². The highest BCUT2D eigenvalue weighted by atomic mass is 16.2. The van der Waals surface area contributed by atoms with Gasteiger partial charge in [-0.05, 0) is 24.8 Å². The summed E-state index contributed by atoms with van der Waals surface area (Å²) in [5.74, 6) is 0.204. The summed E-state index contributed by atoms with van der Waals surface area (Å²) in [6.07, 6.45) is 3.61. The Bertz CT molecular complexity index is 387. The third-order valence-corrected chi connectivity index (χ3v) is 3.46. The SMILES string of the molecule is CCC(N)CC(=O)N(Cc1ccccc1)C1CC1. The van der Waals surface area contributed by atoms with E-state index >= 15 is 0 Å². The number of rotatable bonds is 6. The maximum atomic E-state index is 12.2. The van der Waals surface area contributed by atoms with E-state index in [0.717, 1.165) is 25.8 Å². The van der Waals surface area contributed by atoms with E-state index in [-0.39, 0.29) is 11.9 Å². The molecule has 3 heteroatoms. The van der Waals surface area contributed by atoms with Crippen LogP contribution in [-0.4, -0.2) is 22.9 Å². The third-order valence-electron chi connectivity index (χ3n) is 3.46. The van der Waals surface area contributed by atoms with E-state index in [0.29, 0.717) is 12.5 Å². The zero-order valence-electron chi connectivity index (χ0n) is 11.0. The van der Waals surface area contributed by atoms with E-state index in [1.807, 2.05) is 30.0 Å². The van der Waals surface area contributed by atoms with Crippen LogP contribution in [0.2, 0.25) is 0 Å². The molecule has 0 spiro atoms. The zero-order valence-corrected chi connectivity index (χ0v) is 11.0. The van der Waals surface area contributed by atoms with Crippen molar-refractivity contribution >= 4 is 5.91 Å². The molecule has 1 aliphatic carbocycles. The minimum Gasteiger partial charge on any atom is -0.335 e. The van der Waals surface area contributed by atoms with Gasteiger partial charge in [-0.15, -0.1) is 0 Å². The summed E-state index contributed by atoms with van der Waals surface area (Å²) in [6.45, 7) is 2.75. The summed E-state index contributed by atoms with van der Waals surface area (Å²) < 4.78 is 0. The number of carbonyl (C=O) groups is 1. The Morgan fingerprint density at radius 2 is 2.06 bits per heavy atom. The monoisotopic (exact) mass is 246 g/mol. The molecule has 18 heavy (non-hydrogen) atoms. The van der Waals surface area contributed by atoms with Crippen molar-refractivity contribution in [3.63, 3.8) is 0 Å². The number of hydrogen-bond acceptors (Lipinski definition) is 2. The van der Waals surface area contributed by atoms with Crippen LogP contribution in [0.5, 0.6) is 0 Å². The summed E-state index contributed by atoms with van der Waals surface area (Å²) in [5.41, 5.74) is 7.08. The Morgan fingerprint density at radius 1 is 1.39 bits per heavy atom. The number of benzene rings is 1. The summed E-state index contributed by atoms with van der Waals surface area (Å²) in [6, 6.07) is 10.6. The molecule has 0 aromatic heterocycles. The number of nitrogens with zero attached hydrogens (tertiary/aromatic N) is 1. The molecule has 1 amide bonds. The first kappa shape index (κ1) is 13.1. The van der Waals surface area contributed by atoms with Gasteiger partial charge >= 0.3 is 0 Å². The first-order valence-corrected chi connectivity index (χ1v) is 6.79. The minimum atomic E-state index is -0.00507. The van der Waals surface area contributed by atoms with Crippen LogP contribution in [0.25, 0.3) is 0 Å². The Kier molecular flexibility index (Phi) is 4.37. The molecule has 1 fully saturated rings. The van der Waals surface area contributed by atoms with Crippen LogP contribution >= 0.6 is 0 Å². The second-order valence-electron chi connectivity index (χ2n) is 5.11. The quantitative estimate of drug-likeness (QED) is 0.837. The van der Waals surface area contributed by atoms with Gasteiger partial charge in [0.25, 0.3) is 0 Å². The predicted molar refractivity (Wildman–Crippen MR) is 72.9 cm³/mol. The largest absolute Gasteiger partial charge is 0.335 e. The van der Waals surface area contributed by atoms with Crippen LogP contribution in [0.3, 0.4) is 0 Å². The van der Waals surface area contributed by atoms with Gasteiger partial charge in [0, 0.05) is 25.0 Å². The normalized spacial score (nSPS) is 16.3. The number of hydrogen-bond donors (Lipinski definition) is 1. The van der Waals surface area contributed by atoms with E-state index in [1.165, 1.54) is 5.56 Å². The maximum absolute atomic E-state index is 12.2. The lowest BCUT2D eigenvalue weighted by atomic mass is 10.1. The van der Waals surface area contributed by atoms with Gasteiger partial charge < -0.3 is 10.6 Å². The molecule has 0 heterocycles. The standard InChI is InChI=1S/C15H22N2O/c1-2-13(16)10-15(18)17(14-8-9-14)11-12-6-4-3-5-7-12/h3-7,13-14H,2,8-11,16H2,1H3. The molecule has 0 radical (unpaired) electrons. The summed E-state index contributed by atoms with van der Waals surface area (Å²) >= 11 is 0. The third kappa shape index (κ3) is 3.57. The van der Waals surface area contributed by atoms with Crippen molar-refractivity contribution in [2.24, 2.45) is 5.73 Å². The molecule has 1 aliphatic rings. The Labute approximate surface area is 109 Å². The van der Waals surface area contributed by atoms with Crippen molar-refractivity contribution in [3.05, 3.63) is 35.9 Å². The first-order valence-electron chi connectivity index (χ1n) is 6.79. The molecule has 0 bridgehead atoms. The van der Waals surface area contributed by atoms with Gasteiger partial charge in [-0.25, -0.2) is 0 Å². The van der Waals surface area contributed by atoms with Gasteiger partial charge in [-0.3, -0.25) is 4.79 Å². The smallest absolute Gasteiger partial charge is 0.224 e. The molecular formula is C15H22N2O. The van der Waals surface area contributed by atoms with Gasteiger partial charge in [0.2, 0.25) is 5.91 Å². The average molecular weight is 246 g/mol. The van der Waals surface area contributed by atoms with Crippen LogP contribution in [0.4, 0.5) is 0 Å². The maximum Gasteiger partial charge on any atom is 0.224 e. The van der Waals surface area contributed by atoms with Crippen LogP contribution in [0, 0.1) is 0 Å². The molecule has 1 unspecified atom stereocenters. The molecule has 2 rings (SSSR count). The number of amides is 1. The Morgan fingerprint density at radius 3 is 2.61 bits per heavy atom. The van der Waals surface area contributed by atoms with Crippen molar-refractivity contribution in [1.82, 2.24) is 4.90 Å². The van der Waals surface area contributed by atoms with Gasteiger partial charge in [-0.2, -0.15) is 0 Å². The Balaban J connectivity index is 1.98. The molecule has 1 aromatic rings. The van der Waals surface area contributed by atoms with Gasteiger partial charge in [-0.1, -0.05) is 37.3 Å². The van der Waals surface area contributed by atoms with Crippen LogP contribution in [0.1, 0.15) is 38.2 Å². The summed E-state index contributed by atoms with van der Waals surface area (Å²) in [7, 11) is 0. The van der Waals surface area contributed by atoms with Crippen molar-refractivity contribution < 1.29 is 4.79 Å². The molecule has 3 nitrogen and oxygen atoms in total. The lowest BCUT2D eigenvalue weighted by molar-refractivity contribution is -0.132. The number of nitrogens with two attached hydrogens (primary N) is 1. The molecule has 0 saturated heterocycles. The number of carbonyl (C=O) groups excluding carboxylic acids is 1. The molecule has 98 valence electrons. The van der Waals surface area contributed by atoms with Crippen LogP contribution in [-0.2, 0) is 11.3 Å². The molecule has 2 N–H and O–H groups in total. The van der Waals surface area contributed by atoms with Crippen molar-refractivity contribution in [1.29, 1.82) is 0 Å². The second-order valence-corrected chi connectivity index (χ2v) is 5.11. The molecule has 1 saturated carbocycles. The van der Waals surface area contributed by atoms with E-state index in [2.05, 4.69) is 12.1 Å². The fraction of sp³-hybridized carbons (Fsp3) is 0.533. The first-order chi connectivity index (χ1) is 8.70. The highest BCUT2D eigenvalue weighted by molar-refractivity contribution is 5.77. The van der Waals surface area contributed by atoms with Gasteiger partial charge in [0.05, 0.1) is 0 Å². The molecule has 1 atom stereocenters. The average Bonchev–Trinajstić information content (AvgIpc) is 3.21. The summed E-state index contributed by atoms with van der Waals surface area (Å²) in [4.78, 5) is 14.2. The van der Waals surface area contributed by atoms with Crippen molar-refractivity contribution in [2.45, 2.75) is 51.2 Å². The predicted octanol–water partition coefficient (Wildman–Crippen LogP) is 2.30. The van der Waals surface area contributed by atoms with E-state index < -0.39 is 0 Å². The van der Waals surface area contributed by atoms with Crippen molar-refractivity contribution in [2.75, 3.05) is 0 Å². The van der Waals surface area contributed by atoms with Gasteiger partial charge in [0.15, 0.2) is 0 Å². The van der Waals surface area contributed by atoms with Crippen LogP contribution in [0.15, 0.2) is 30.3 Å². The highest BCUT2D eigenvalue weighted by Crippen LogP contribution is 2.29. The fourth-order valence-electron chi connectivity index (χ4n) is 2.07. The topological polar surface area (TPSA) is 46.3 Å². The summed E-state index contributed by atoms with van der Waals surface area (Å²) in [5, 5.41) is 0. The lowest BCUT2D eigenvalue weighted by Crippen LogP contribution is -2.36. The highest BCUT2D eigenvalue weighted by Gasteiger charge is 2.32. The molecule has 0 aliphatic heterocycles. The van der Waals surface area contributed by atoms with Crippen LogP contribution < -0.4 is 5.73 Å². The van der Waals surface area contributed by atoms with E-state index in [9.17, 15) is 4.79 Å². The lowest BCUT2D eigenvalue weighted by Gasteiger charge is -2.24. The fourth-order valence-corrected chi connectivity index (χ4v) is 2.07.